The first-order valence-electron chi connectivity index (χ1n) is 4.93. The maximum absolute atomic E-state index is 11.1. The zero-order valence-electron chi connectivity index (χ0n) is 9.73. The number of aryl methyl sites for hydroxylation is 1. The van der Waals surface area contributed by atoms with Gasteiger partial charge in [-0.15, -0.1) is 0 Å². The zero-order valence-corrected chi connectivity index (χ0v) is 9.73. The molecule has 2 N–H and O–H groups in total. The predicted octanol–water partition coefficient (Wildman–Crippen LogP) is -0.000600. The minimum atomic E-state index is -1.08. The number of methoxy groups -OCH3 is 1. The molecule has 16 heavy (non-hydrogen) atoms. The average molecular weight is 227 g/mol. The summed E-state index contributed by atoms with van der Waals surface area (Å²) in [6.45, 7) is 2.15. The number of carboxylic acids is 1. The van der Waals surface area contributed by atoms with Crippen molar-refractivity contribution in [2.75, 3.05) is 13.7 Å². The third kappa shape index (κ3) is 3.04. The first-order chi connectivity index (χ1) is 7.48. The molecule has 1 heterocycles. The molecule has 1 atom stereocenters. The highest BCUT2D eigenvalue weighted by atomic mass is 16.5. The Kier molecular flexibility index (Phi) is 4.03. The van der Waals surface area contributed by atoms with Crippen molar-refractivity contribution in [2.24, 2.45) is 7.05 Å². The summed E-state index contributed by atoms with van der Waals surface area (Å²) >= 11 is 0. The summed E-state index contributed by atoms with van der Waals surface area (Å²) < 4.78 is 6.57. The van der Waals surface area contributed by atoms with Crippen LogP contribution >= 0.6 is 0 Å². The molecule has 0 aliphatic heterocycles. The van der Waals surface area contributed by atoms with Gasteiger partial charge in [0.05, 0.1) is 12.8 Å². The number of carboxylic acid groups (broad SMARTS) is 1. The number of ether oxygens (including phenoxy) is 1. The van der Waals surface area contributed by atoms with Crippen molar-refractivity contribution in [3.8, 4) is 0 Å². The summed E-state index contributed by atoms with van der Waals surface area (Å²) in [4.78, 5) is 11.1. The Balaban J connectivity index is 2.60. The lowest BCUT2D eigenvalue weighted by atomic mass is 10.0. The van der Waals surface area contributed by atoms with Gasteiger partial charge in [0.25, 0.3) is 0 Å². The quantitative estimate of drug-likeness (QED) is 0.715. The van der Waals surface area contributed by atoms with E-state index in [2.05, 4.69) is 10.4 Å². The number of aromatic nitrogens is 2. The molecule has 1 aromatic rings. The number of hydrogen-bond donors (Lipinski definition) is 2. The van der Waals surface area contributed by atoms with E-state index in [0.717, 1.165) is 5.56 Å². The standard InChI is InChI=1S/C10H17N3O3/c1-10(7-16-3,9(14)15)11-4-8-5-12-13(2)6-8/h5-6,11H,4,7H2,1-3H3,(H,14,15). The normalized spacial score (nSPS) is 14.7. The van der Waals surface area contributed by atoms with Gasteiger partial charge in [-0.25, -0.2) is 0 Å². The highest BCUT2D eigenvalue weighted by Gasteiger charge is 2.32. The number of hydrogen-bond acceptors (Lipinski definition) is 4. The van der Waals surface area contributed by atoms with Crippen LogP contribution in [0.25, 0.3) is 0 Å². The molecule has 90 valence electrons. The topological polar surface area (TPSA) is 76.4 Å². The Hall–Kier alpha value is -1.40. The Labute approximate surface area is 94.2 Å². The van der Waals surface area contributed by atoms with Crippen LogP contribution in [-0.4, -0.2) is 40.1 Å². The second-order valence-electron chi connectivity index (χ2n) is 3.95. The first kappa shape index (κ1) is 12.7. The van der Waals surface area contributed by atoms with Gasteiger partial charge in [-0.2, -0.15) is 5.10 Å². The minimum absolute atomic E-state index is 0.114. The third-order valence-electron chi connectivity index (χ3n) is 2.35. The molecular weight excluding hydrogens is 210 g/mol. The number of carbonyl (C=O) groups is 1. The van der Waals surface area contributed by atoms with Crippen molar-refractivity contribution >= 4 is 5.97 Å². The molecule has 0 saturated heterocycles. The van der Waals surface area contributed by atoms with Gasteiger partial charge in [-0.1, -0.05) is 0 Å². The van der Waals surface area contributed by atoms with Crippen molar-refractivity contribution in [3.63, 3.8) is 0 Å². The summed E-state index contributed by atoms with van der Waals surface area (Å²) in [6, 6.07) is 0. The Morgan fingerprint density at radius 1 is 1.75 bits per heavy atom. The van der Waals surface area contributed by atoms with Crippen molar-refractivity contribution in [2.45, 2.75) is 19.0 Å². The van der Waals surface area contributed by atoms with E-state index in [0.29, 0.717) is 6.54 Å². The van der Waals surface area contributed by atoms with Gasteiger partial charge in [0.1, 0.15) is 5.54 Å². The van der Waals surface area contributed by atoms with Crippen molar-refractivity contribution in [1.29, 1.82) is 0 Å². The van der Waals surface area contributed by atoms with Gasteiger partial charge < -0.3 is 9.84 Å². The molecule has 0 aliphatic carbocycles. The third-order valence-corrected chi connectivity index (χ3v) is 2.35. The molecule has 0 radical (unpaired) electrons. The lowest BCUT2D eigenvalue weighted by molar-refractivity contribution is -0.146. The van der Waals surface area contributed by atoms with Gasteiger partial charge in [0.15, 0.2) is 0 Å². The molecule has 0 saturated carbocycles. The number of rotatable bonds is 6. The smallest absolute Gasteiger partial charge is 0.326 e. The molecule has 0 amide bonds. The largest absolute Gasteiger partial charge is 0.480 e. The summed E-state index contributed by atoms with van der Waals surface area (Å²) in [6.07, 6.45) is 3.53. The summed E-state index contributed by atoms with van der Waals surface area (Å²) in [5, 5.41) is 16.0. The van der Waals surface area contributed by atoms with E-state index < -0.39 is 11.5 Å². The fourth-order valence-electron chi connectivity index (χ4n) is 1.34. The lowest BCUT2D eigenvalue weighted by Gasteiger charge is -2.25. The van der Waals surface area contributed by atoms with E-state index in [1.165, 1.54) is 7.11 Å². The number of nitrogens with zero attached hydrogens (tertiary/aromatic N) is 2. The van der Waals surface area contributed by atoms with E-state index >= 15 is 0 Å². The molecule has 1 unspecified atom stereocenters. The van der Waals surface area contributed by atoms with Crippen LogP contribution in [0.15, 0.2) is 12.4 Å². The van der Waals surface area contributed by atoms with Gasteiger partial charge in [-0.3, -0.25) is 14.8 Å². The van der Waals surface area contributed by atoms with Gasteiger partial charge in [0.2, 0.25) is 0 Å². The van der Waals surface area contributed by atoms with Crippen LogP contribution < -0.4 is 5.32 Å². The molecule has 6 nitrogen and oxygen atoms in total. The van der Waals surface area contributed by atoms with E-state index in [9.17, 15) is 4.79 Å². The maximum Gasteiger partial charge on any atom is 0.326 e. The average Bonchev–Trinajstić information content (AvgIpc) is 2.61. The van der Waals surface area contributed by atoms with Crippen molar-refractivity contribution < 1.29 is 14.6 Å². The maximum atomic E-state index is 11.1. The summed E-state index contributed by atoms with van der Waals surface area (Å²) in [7, 11) is 3.29. The molecule has 6 heteroatoms. The minimum Gasteiger partial charge on any atom is -0.480 e. The van der Waals surface area contributed by atoms with Crippen LogP contribution in [0.3, 0.4) is 0 Å². The second kappa shape index (κ2) is 5.09. The Bertz CT molecular complexity index is 364. The molecule has 0 bridgehead atoms. The molecule has 0 spiro atoms. The first-order valence-corrected chi connectivity index (χ1v) is 4.93. The molecule has 0 aromatic carbocycles. The highest BCUT2D eigenvalue weighted by Crippen LogP contribution is 2.07. The molecule has 1 aromatic heterocycles. The fraction of sp³-hybridized carbons (Fsp3) is 0.600. The fourth-order valence-corrected chi connectivity index (χ4v) is 1.34. The summed E-state index contributed by atoms with van der Waals surface area (Å²) in [5.74, 6) is -0.932. The second-order valence-corrected chi connectivity index (χ2v) is 3.95. The molecule has 1 rings (SSSR count). The van der Waals surface area contributed by atoms with Crippen molar-refractivity contribution in [1.82, 2.24) is 15.1 Å². The zero-order chi connectivity index (χ0) is 12.2. The molecule has 0 fully saturated rings. The van der Waals surface area contributed by atoms with Crippen LogP contribution in [0.4, 0.5) is 0 Å². The number of aliphatic carboxylic acids is 1. The van der Waals surface area contributed by atoms with E-state index in [1.807, 2.05) is 13.2 Å². The highest BCUT2D eigenvalue weighted by molar-refractivity contribution is 5.78. The van der Waals surface area contributed by atoms with Crippen molar-refractivity contribution in [3.05, 3.63) is 18.0 Å². The molecule has 0 aliphatic rings. The van der Waals surface area contributed by atoms with Crippen LogP contribution in [0.2, 0.25) is 0 Å². The van der Waals surface area contributed by atoms with E-state index in [1.54, 1.807) is 17.8 Å². The molecular formula is C10H17N3O3. The van der Waals surface area contributed by atoms with Crippen LogP contribution in [-0.2, 0) is 23.1 Å². The Morgan fingerprint density at radius 3 is 2.88 bits per heavy atom. The lowest BCUT2D eigenvalue weighted by Crippen LogP contribution is -2.52. The number of nitrogens with one attached hydrogen (secondary N) is 1. The van der Waals surface area contributed by atoms with Gasteiger partial charge in [0, 0.05) is 32.5 Å². The van der Waals surface area contributed by atoms with Gasteiger partial charge in [-0.05, 0) is 6.92 Å². The monoisotopic (exact) mass is 227 g/mol. The van der Waals surface area contributed by atoms with E-state index in [-0.39, 0.29) is 6.61 Å². The van der Waals surface area contributed by atoms with Gasteiger partial charge >= 0.3 is 5.97 Å². The van der Waals surface area contributed by atoms with E-state index in [4.69, 9.17) is 9.84 Å². The predicted molar refractivity (Wildman–Crippen MR) is 58.0 cm³/mol. The Morgan fingerprint density at radius 2 is 2.44 bits per heavy atom. The van der Waals surface area contributed by atoms with Crippen LogP contribution in [0, 0.1) is 0 Å². The summed E-state index contributed by atoms with van der Waals surface area (Å²) in [5.41, 5.74) is -0.143. The SMILES string of the molecule is COCC(C)(NCc1cnn(C)c1)C(=O)O. The van der Waals surface area contributed by atoms with Crippen LogP contribution in [0.1, 0.15) is 12.5 Å². The van der Waals surface area contributed by atoms with Crippen LogP contribution in [0.5, 0.6) is 0 Å².